The molecule has 0 saturated heterocycles. The summed E-state index contributed by atoms with van der Waals surface area (Å²) >= 11 is 1.28. The lowest BCUT2D eigenvalue weighted by atomic mass is 9.93. The number of benzene rings is 5. The zero-order chi connectivity index (χ0) is 33.0. The molecule has 238 valence electrons. The van der Waals surface area contributed by atoms with Gasteiger partial charge in [-0.1, -0.05) is 108 Å². The van der Waals surface area contributed by atoms with Crippen molar-refractivity contribution in [3.63, 3.8) is 0 Å². The molecule has 2 heterocycles. The number of thiazole rings is 1. The van der Waals surface area contributed by atoms with Gasteiger partial charge in [0.05, 0.1) is 35.6 Å². The zero-order valence-electron chi connectivity index (χ0n) is 26.5. The van der Waals surface area contributed by atoms with Gasteiger partial charge < -0.3 is 14.2 Å². The number of rotatable bonds is 9. The Balaban J connectivity index is 1.33. The van der Waals surface area contributed by atoms with Crippen LogP contribution in [0.5, 0.6) is 11.5 Å². The van der Waals surface area contributed by atoms with Gasteiger partial charge in [-0.05, 0) is 64.7 Å². The van der Waals surface area contributed by atoms with Crippen LogP contribution >= 0.6 is 11.3 Å². The highest BCUT2D eigenvalue weighted by molar-refractivity contribution is 7.07. The third-order valence-electron chi connectivity index (χ3n) is 8.21. The van der Waals surface area contributed by atoms with Crippen molar-refractivity contribution in [3.8, 4) is 11.5 Å². The van der Waals surface area contributed by atoms with E-state index in [0.29, 0.717) is 44.3 Å². The van der Waals surface area contributed by atoms with E-state index in [-0.39, 0.29) is 12.2 Å². The van der Waals surface area contributed by atoms with Crippen molar-refractivity contribution in [1.29, 1.82) is 0 Å². The Labute approximate surface area is 281 Å². The Kier molecular flexibility index (Phi) is 8.72. The van der Waals surface area contributed by atoms with E-state index in [0.717, 1.165) is 27.5 Å². The number of esters is 1. The van der Waals surface area contributed by atoms with Gasteiger partial charge in [0, 0.05) is 5.56 Å². The van der Waals surface area contributed by atoms with Gasteiger partial charge in [-0.15, -0.1) is 0 Å². The van der Waals surface area contributed by atoms with Crippen LogP contribution in [0.25, 0.3) is 22.5 Å². The first-order chi connectivity index (χ1) is 23.5. The third kappa shape index (κ3) is 6.06. The number of hydrogen-bond donors (Lipinski definition) is 0. The fraction of sp³-hybridized carbons (Fsp3) is 0.125. The predicted octanol–water partition coefficient (Wildman–Crippen LogP) is 6.68. The average Bonchev–Trinajstić information content (AvgIpc) is 3.44. The maximum atomic E-state index is 14.3. The molecular formula is C40H32N2O5S. The highest BCUT2D eigenvalue weighted by atomic mass is 32.1. The summed E-state index contributed by atoms with van der Waals surface area (Å²) in [6, 6.07) is 38.2. The first-order valence-electron chi connectivity index (χ1n) is 15.7. The van der Waals surface area contributed by atoms with Gasteiger partial charge in [0.2, 0.25) is 0 Å². The Hall–Kier alpha value is -5.73. The summed E-state index contributed by atoms with van der Waals surface area (Å²) < 4.78 is 19.4. The lowest BCUT2D eigenvalue weighted by molar-refractivity contribution is -0.138. The molecule has 6 aromatic rings. The maximum Gasteiger partial charge on any atom is 0.338 e. The van der Waals surface area contributed by atoms with E-state index in [2.05, 4.69) is 24.3 Å². The van der Waals surface area contributed by atoms with Crippen LogP contribution in [0, 0.1) is 0 Å². The van der Waals surface area contributed by atoms with E-state index in [9.17, 15) is 9.59 Å². The number of ether oxygens (including phenoxy) is 3. The molecule has 0 unspecified atom stereocenters. The number of methoxy groups -OCH3 is 1. The Morgan fingerprint density at radius 1 is 0.875 bits per heavy atom. The molecule has 7 nitrogen and oxygen atoms in total. The van der Waals surface area contributed by atoms with E-state index in [1.807, 2.05) is 103 Å². The monoisotopic (exact) mass is 652 g/mol. The molecule has 1 aromatic heterocycles. The summed E-state index contributed by atoms with van der Waals surface area (Å²) in [6.07, 6.45) is 1.84. The van der Waals surface area contributed by atoms with E-state index in [1.54, 1.807) is 18.6 Å². The van der Waals surface area contributed by atoms with Crippen LogP contribution in [-0.4, -0.2) is 24.3 Å². The van der Waals surface area contributed by atoms with Crippen LogP contribution in [0.2, 0.25) is 0 Å². The van der Waals surface area contributed by atoms with Gasteiger partial charge in [-0.3, -0.25) is 9.36 Å². The van der Waals surface area contributed by atoms with E-state index < -0.39 is 12.0 Å². The van der Waals surface area contributed by atoms with Crippen LogP contribution in [0.4, 0.5) is 0 Å². The molecule has 7 rings (SSSR count). The second kappa shape index (κ2) is 13.6. The molecular weight excluding hydrogens is 621 g/mol. The van der Waals surface area contributed by atoms with E-state index >= 15 is 0 Å². The predicted molar refractivity (Wildman–Crippen MR) is 189 cm³/mol. The number of hydrogen-bond acceptors (Lipinski definition) is 7. The normalized spacial score (nSPS) is 14.4. The van der Waals surface area contributed by atoms with Crippen LogP contribution in [0.3, 0.4) is 0 Å². The minimum atomic E-state index is -0.789. The van der Waals surface area contributed by atoms with Gasteiger partial charge in [0.1, 0.15) is 18.1 Å². The molecule has 0 spiro atoms. The topological polar surface area (TPSA) is 79.1 Å². The summed E-state index contributed by atoms with van der Waals surface area (Å²) in [5.41, 5.74) is 3.86. The third-order valence-corrected chi connectivity index (χ3v) is 9.20. The Bertz CT molecular complexity index is 2350. The molecule has 0 N–H and O–H groups in total. The molecule has 1 aliphatic heterocycles. The molecule has 0 fully saturated rings. The number of carbonyl (C=O) groups excluding carboxylic acids is 1. The number of carbonyl (C=O) groups is 1. The average molecular weight is 653 g/mol. The van der Waals surface area contributed by atoms with E-state index in [1.165, 1.54) is 11.3 Å². The molecule has 0 bridgehead atoms. The maximum absolute atomic E-state index is 14.3. The molecule has 1 atom stereocenters. The molecule has 5 aromatic carbocycles. The molecule has 0 saturated carbocycles. The SMILES string of the molecule is CCOC(=O)C1=C(c2ccccc2)N=c2s/c(=C\c3cccc(OCc4cccc5ccccc45)c3)c(=O)n2[C@@H]1c1cccc(OC)c1. The van der Waals surface area contributed by atoms with Crippen molar-refractivity contribution in [1.82, 2.24) is 4.57 Å². The standard InChI is InChI=1S/C40H32N2O5S/c1-3-46-39(44)35-36(28-14-5-4-6-15-28)41-40-42(37(35)29-17-11-19-31(24-29)45-2)38(43)34(48-40)23-26-12-9-20-32(22-26)47-25-30-18-10-16-27-13-7-8-21-33(27)30/h4-24,37H,3,25H2,1-2H3/b34-23-/t37-/m1/s1. The molecule has 0 amide bonds. The summed E-state index contributed by atoms with van der Waals surface area (Å²) in [5, 5.41) is 2.32. The quantitative estimate of drug-likeness (QED) is 0.163. The Morgan fingerprint density at radius 2 is 1.62 bits per heavy atom. The number of aromatic nitrogens is 1. The summed E-state index contributed by atoms with van der Waals surface area (Å²) in [5.74, 6) is 0.768. The van der Waals surface area contributed by atoms with Crippen molar-refractivity contribution in [3.05, 3.63) is 169 Å². The summed E-state index contributed by atoms with van der Waals surface area (Å²) in [4.78, 5) is 33.4. The highest BCUT2D eigenvalue weighted by Crippen LogP contribution is 2.36. The molecule has 0 radical (unpaired) electrons. The van der Waals surface area contributed by atoms with Gasteiger partial charge in [0.25, 0.3) is 5.56 Å². The summed E-state index contributed by atoms with van der Waals surface area (Å²) in [6.45, 7) is 2.35. The van der Waals surface area contributed by atoms with Crippen molar-refractivity contribution < 1.29 is 19.0 Å². The minimum Gasteiger partial charge on any atom is -0.497 e. The molecule has 8 heteroatoms. The van der Waals surface area contributed by atoms with Gasteiger partial charge in [0.15, 0.2) is 4.80 Å². The van der Waals surface area contributed by atoms with Crippen molar-refractivity contribution >= 4 is 39.9 Å². The van der Waals surface area contributed by atoms with Crippen LogP contribution < -0.4 is 24.4 Å². The second-order valence-electron chi connectivity index (χ2n) is 11.2. The van der Waals surface area contributed by atoms with Gasteiger partial charge in [-0.2, -0.15) is 0 Å². The summed E-state index contributed by atoms with van der Waals surface area (Å²) in [7, 11) is 1.59. The minimum absolute atomic E-state index is 0.179. The zero-order valence-corrected chi connectivity index (χ0v) is 27.3. The van der Waals surface area contributed by atoms with E-state index in [4.69, 9.17) is 19.2 Å². The van der Waals surface area contributed by atoms with Crippen LogP contribution in [-0.2, 0) is 16.1 Å². The fourth-order valence-electron chi connectivity index (χ4n) is 5.99. The fourth-order valence-corrected chi connectivity index (χ4v) is 6.99. The molecule has 1 aliphatic rings. The first-order valence-corrected chi connectivity index (χ1v) is 16.5. The number of nitrogens with zero attached hydrogens (tertiary/aromatic N) is 2. The van der Waals surface area contributed by atoms with Crippen molar-refractivity contribution in [2.45, 2.75) is 19.6 Å². The van der Waals surface area contributed by atoms with Gasteiger partial charge >= 0.3 is 5.97 Å². The lowest BCUT2D eigenvalue weighted by Gasteiger charge is -2.26. The van der Waals surface area contributed by atoms with Crippen LogP contribution in [0.15, 0.2) is 137 Å². The lowest BCUT2D eigenvalue weighted by Crippen LogP contribution is -2.40. The van der Waals surface area contributed by atoms with Crippen molar-refractivity contribution in [2.75, 3.05) is 13.7 Å². The van der Waals surface area contributed by atoms with Crippen molar-refractivity contribution in [2.24, 2.45) is 4.99 Å². The Morgan fingerprint density at radius 3 is 2.46 bits per heavy atom. The van der Waals surface area contributed by atoms with Crippen LogP contribution in [0.1, 0.15) is 35.2 Å². The molecule has 0 aliphatic carbocycles. The van der Waals surface area contributed by atoms with Gasteiger partial charge in [-0.25, -0.2) is 9.79 Å². The second-order valence-corrected chi connectivity index (χ2v) is 12.2. The first kappa shape index (κ1) is 30.9. The highest BCUT2D eigenvalue weighted by Gasteiger charge is 2.35. The number of fused-ring (bicyclic) bond motifs is 2. The largest absolute Gasteiger partial charge is 0.497 e. The molecule has 48 heavy (non-hydrogen) atoms. The smallest absolute Gasteiger partial charge is 0.338 e.